The first-order valence-electron chi connectivity index (χ1n) is 5.78. The van der Waals surface area contributed by atoms with Gasteiger partial charge in [-0.25, -0.2) is 4.39 Å². The monoisotopic (exact) mass is 259 g/mol. The van der Waals surface area contributed by atoms with Gasteiger partial charge in [0.15, 0.2) is 0 Å². The molecular formula is C14H14FN3O. The Hall–Kier alpha value is -2.43. The Balaban J connectivity index is 2.17. The van der Waals surface area contributed by atoms with E-state index in [0.29, 0.717) is 16.8 Å². The molecule has 0 fully saturated rings. The van der Waals surface area contributed by atoms with E-state index in [1.807, 2.05) is 0 Å². The number of hydrogen-bond donors (Lipinski definition) is 1. The van der Waals surface area contributed by atoms with Gasteiger partial charge in [-0.15, -0.1) is 0 Å². The third-order valence-electron chi connectivity index (χ3n) is 2.80. The number of carbonyl (C=O) groups excluding carboxylic acids is 1. The molecule has 1 amide bonds. The predicted molar refractivity (Wildman–Crippen MR) is 70.8 cm³/mol. The first kappa shape index (κ1) is 13.0. The molecule has 4 nitrogen and oxygen atoms in total. The van der Waals surface area contributed by atoms with Gasteiger partial charge in [-0.05, 0) is 12.1 Å². The zero-order chi connectivity index (χ0) is 13.8. The standard InChI is InChI=1S/C14H14FN3O/c1-18(9-10-4-2-3-5-12(10)15)14(19)11-8-17-7-6-13(11)16/h2-8H,9H2,1H3,(H2,16,17). The number of nitrogens with zero attached hydrogens (tertiary/aromatic N) is 2. The molecule has 2 N–H and O–H groups in total. The fourth-order valence-electron chi connectivity index (χ4n) is 1.74. The zero-order valence-electron chi connectivity index (χ0n) is 10.5. The van der Waals surface area contributed by atoms with Gasteiger partial charge >= 0.3 is 0 Å². The van der Waals surface area contributed by atoms with E-state index in [2.05, 4.69) is 4.98 Å². The highest BCUT2D eigenvalue weighted by Gasteiger charge is 2.16. The summed E-state index contributed by atoms with van der Waals surface area (Å²) in [6.07, 6.45) is 2.93. The lowest BCUT2D eigenvalue weighted by atomic mass is 10.1. The Kier molecular flexibility index (Phi) is 3.75. The van der Waals surface area contributed by atoms with Crippen molar-refractivity contribution in [2.45, 2.75) is 6.54 Å². The summed E-state index contributed by atoms with van der Waals surface area (Å²) < 4.78 is 13.5. The van der Waals surface area contributed by atoms with Crippen LogP contribution in [0.15, 0.2) is 42.7 Å². The number of carbonyl (C=O) groups is 1. The van der Waals surface area contributed by atoms with E-state index in [9.17, 15) is 9.18 Å². The van der Waals surface area contributed by atoms with Crippen LogP contribution in [0.2, 0.25) is 0 Å². The van der Waals surface area contributed by atoms with Crippen LogP contribution in [0.5, 0.6) is 0 Å². The second-order valence-electron chi connectivity index (χ2n) is 4.22. The SMILES string of the molecule is CN(Cc1ccccc1F)C(=O)c1cnccc1N. The molecule has 98 valence electrons. The molecule has 1 aromatic heterocycles. The summed E-state index contributed by atoms with van der Waals surface area (Å²) in [5, 5.41) is 0. The molecule has 0 aliphatic carbocycles. The summed E-state index contributed by atoms with van der Waals surface area (Å²) >= 11 is 0. The van der Waals surface area contributed by atoms with E-state index in [0.717, 1.165) is 0 Å². The van der Waals surface area contributed by atoms with Gasteiger partial charge in [-0.2, -0.15) is 0 Å². The van der Waals surface area contributed by atoms with Crippen molar-refractivity contribution in [3.05, 3.63) is 59.7 Å². The van der Waals surface area contributed by atoms with Crippen molar-refractivity contribution in [1.29, 1.82) is 0 Å². The molecular weight excluding hydrogens is 245 g/mol. The average Bonchev–Trinajstić information content (AvgIpc) is 2.41. The lowest BCUT2D eigenvalue weighted by Crippen LogP contribution is -2.27. The second-order valence-corrected chi connectivity index (χ2v) is 4.22. The van der Waals surface area contributed by atoms with Gasteiger partial charge in [0.25, 0.3) is 5.91 Å². The van der Waals surface area contributed by atoms with Crippen molar-refractivity contribution in [2.75, 3.05) is 12.8 Å². The Morgan fingerprint density at radius 2 is 2.11 bits per heavy atom. The van der Waals surface area contributed by atoms with Crippen LogP contribution < -0.4 is 5.73 Å². The normalized spacial score (nSPS) is 10.2. The molecule has 0 bridgehead atoms. The van der Waals surface area contributed by atoms with E-state index in [1.165, 1.54) is 23.4 Å². The molecule has 0 atom stereocenters. The summed E-state index contributed by atoms with van der Waals surface area (Å²) in [6, 6.07) is 7.91. The van der Waals surface area contributed by atoms with E-state index in [1.54, 1.807) is 31.3 Å². The Labute approximate surface area is 110 Å². The van der Waals surface area contributed by atoms with Gasteiger partial charge in [0.2, 0.25) is 0 Å². The molecule has 1 heterocycles. The zero-order valence-corrected chi connectivity index (χ0v) is 10.5. The molecule has 2 aromatic rings. The van der Waals surface area contributed by atoms with Gasteiger partial charge in [0.05, 0.1) is 5.56 Å². The summed E-state index contributed by atoms with van der Waals surface area (Å²) in [5.41, 5.74) is 6.86. The number of pyridine rings is 1. The smallest absolute Gasteiger partial charge is 0.257 e. The van der Waals surface area contributed by atoms with E-state index >= 15 is 0 Å². The Bertz CT molecular complexity index is 601. The number of nitrogen functional groups attached to an aromatic ring is 1. The minimum Gasteiger partial charge on any atom is -0.398 e. The van der Waals surface area contributed by atoms with Gasteiger partial charge in [0, 0.05) is 37.2 Å². The van der Waals surface area contributed by atoms with Gasteiger partial charge in [0.1, 0.15) is 5.82 Å². The van der Waals surface area contributed by atoms with Crippen LogP contribution in [-0.2, 0) is 6.54 Å². The molecule has 0 aliphatic heterocycles. The lowest BCUT2D eigenvalue weighted by Gasteiger charge is -2.18. The molecule has 0 saturated carbocycles. The van der Waals surface area contributed by atoms with Crippen molar-refractivity contribution in [1.82, 2.24) is 9.88 Å². The summed E-state index contributed by atoms with van der Waals surface area (Å²) in [6.45, 7) is 0.180. The number of rotatable bonds is 3. The van der Waals surface area contributed by atoms with Crippen molar-refractivity contribution in [2.24, 2.45) is 0 Å². The number of anilines is 1. The first-order valence-corrected chi connectivity index (χ1v) is 5.78. The number of aromatic nitrogens is 1. The topological polar surface area (TPSA) is 59.2 Å². The third kappa shape index (κ3) is 2.88. The van der Waals surface area contributed by atoms with Crippen molar-refractivity contribution in [3.8, 4) is 0 Å². The molecule has 0 spiro atoms. The minimum atomic E-state index is -0.332. The van der Waals surface area contributed by atoms with Gasteiger partial charge in [-0.3, -0.25) is 9.78 Å². The molecule has 0 unspecified atom stereocenters. The highest BCUT2D eigenvalue weighted by Crippen LogP contribution is 2.14. The Morgan fingerprint density at radius 3 is 2.79 bits per heavy atom. The number of hydrogen-bond acceptors (Lipinski definition) is 3. The van der Waals surface area contributed by atoms with Crippen LogP contribution in [0.1, 0.15) is 15.9 Å². The lowest BCUT2D eigenvalue weighted by molar-refractivity contribution is 0.0784. The van der Waals surface area contributed by atoms with Crippen LogP contribution in [0, 0.1) is 5.82 Å². The fraction of sp³-hybridized carbons (Fsp3) is 0.143. The summed E-state index contributed by atoms with van der Waals surface area (Å²) in [7, 11) is 1.60. The van der Waals surface area contributed by atoms with Crippen LogP contribution in [0.4, 0.5) is 10.1 Å². The van der Waals surface area contributed by atoms with Crippen LogP contribution in [0.3, 0.4) is 0 Å². The van der Waals surface area contributed by atoms with Crippen molar-refractivity contribution < 1.29 is 9.18 Å². The van der Waals surface area contributed by atoms with Gasteiger partial charge in [-0.1, -0.05) is 18.2 Å². The van der Waals surface area contributed by atoms with E-state index < -0.39 is 0 Å². The fourth-order valence-corrected chi connectivity index (χ4v) is 1.74. The molecule has 19 heavy (non-hydrogen) atoms. The number of benzene rings is 1. The first-order chi connectivity index (χ1) is 9.09. The van der Waals surface area contributed by atoms with Crippen LogP contribution in [-0.4, -0.2) is 22.8 Å². The maximum absolute atomic E-state index is 13.5. The molecule has 0 saturated heterocycles. The third-order valence-corrected chi connectivity index (χ3v) is 2.80. The maximum Gasteiger partial charge on any atom is 0.257 e. The molecule has 1 aromatic carbocycles. The van der Waals surface area contributed by atoms with Crippen LogP contribution in [0.25, 0.3) is 0 Å². The van der Waals surface area contributed by atoms with E-state index in [-0.39, 0.29) is 18.3 Å². The van der Waals surface area contributed by atoms with Crippen molar-refractivity contribution >= 4 is 11.6 Å². The predicted octanol–water partition coefficient (Wildman–Crippen LogP) is 2.08. The molecule has 0 radical (unpaired) electrons. The minimum absolute atomic E-state index is 0.180. The second kappa shape index (κ2) is 5.48. The highest BCUT2D eigenvalue weighted by atomic mass is 19.1. The summed E-state index contributed by atoms with van der Waals surface area (Å²) in [5.74, 6) is -0.616. The van der Waals surface area contributed by atoms with E-state index in [4.69, 9.17) is 5.73 Å². The summed E-state index contributed by atoms with van der Waals surface area (Å²) in [4.78, 5) is 17.4. The molecule has 2 rings (SSSR count). The number of nitrogens with two attached hydrogens (primary N) is 1. The number of halogens is 1. The highest BCUT2D eigenvalue weighted by molar-refractivity contribution is 5.98. The maximum atomic E-state index is 13.5. The molecule has 0 aliphatic rings. The molecule has 5 heteroatoms. The largest absolute Gasteiger partial charge is 0.398 e. The average molecular weight is 259 g/mol. The van der Waals surface area contributed by atoms with Gasteiger partial charge < -0.3 is 10.6 Å². The van der Waals surface area contributed by atoms with Crippen molar-refractivity contribution in [3.63, 3.8) is 0 Å². The number of amides is 1. The Morgan fingerprint density at radius 1 is 1.37 bits per heavy atom. The van der Waals surface area contributed by atoms with Crippen LogP contribution >= 0.6 is 0 Å². The quantitative estimate of drug-likeness (QED) is 0.918.